The van der Waals surface area contributed by atoms with Crippen molar-refractivity contribution in [3.05, 3.63) is 70.5 Å². The van der Waals surface area contributed by atoms with Crippen LogP contribution in [0.1, 0.15) is 11.6 Å². The molecule has 0 fully saturated rings. The zero-order valence-corrected chi connectivity index (χ0v) is 9.69. The summed E-state index contributed by atoms with van der Waals surface area (Å²) in [7, 11) is 0. The van der Waals surface area contributed by atoms with Gasteiger partial charge in [-0.1, -0.05) is 18.2 Å². The van der Waals surface area contributed by atoms with Gasteiger partial charge in [-0.15, -0.1) is 0 Å². The monoisotopic (exact) mass is 243 g/mol. The molecule has 5 nitrogen and oxygen atoms in total. The third kappa shape index (κ3) is 3.28. The average Bonchev–Trinajstić information content (AvgIpc) is 2.40. The highest BCUT2D eigenvalue weighted by Crippen LogP contribution is 2.18. The van der Waals surface area contributed by atoms with Gasteiger partial charge in [0.2, 0.25) is 6.54 Å². The van der Waals surface area contributed by atoms with E-state index in [2.05, 4.69) is 10.3 Å². The third-order valence-corrected chi connectivity index (χ3v) is 2.55. The summed E-state index contributed by atoms with van der Waals surface area (Å²) in [6.45, 7) is -0.168. The van der Waals surface area contributed by atoms with E-state index in [1.807, 2.05) is 30.3 Å². The summed E-state index contributed by atoms with van der Waals surface area (Å²) in [5.41, 5.74) is 1.71. The summed E-state index contributed by atoms with van der Waals surface area (Å²) in [5, 5.41) is 13.9. The van der Waals surface area contributed by atoms with Crippen molar-refractivity contribution in [2.24, 2.45) is 0 Å². The largest absolute Gasteiger partial charge is 0.372 e. The summed E-state index contributed by atoms with van der Waals surface area (Å²) in [6, 6.07) is 12.7. The first-order valence-corrected chi connectivity index (χ1v) is 5.59. The van der Waals surface area contributed by atoms with E-state index in [4.69, 9.17) is 0 Å². The first-order chi connectivity index (χ1) is 8.75. The van der Waals surface area contributed by atoms with Gasteiger partial charge in [0.15, 0.2) is 0 Å². The lowest BCUT2D eigenvalue weighted by molar-refractivity contribution is -0.482. The van der Waals surface area contributed by atoms with Gasteiger partial charge in [0.25, 0.3) is 0 Å². The van der Waals surface area contributed by atoms with E-state index in [1.54, 1.807) is 24.5 Å². The van der Waals surface area contributed by atoms with Gasteiger partial charge in [0, 0.05) is 23.0 Å². The van der Waals surface area contributed by atoms with Gasteiger partial charge in [0.1, 0.15) is 6.04 Å². The first kappa shape index (κ1) is 12.0. The van der Waals surface area contributed by atoms with Crippen LogP contribution in [0.5, 0.6) is 0 Å². The lowest BCUT2D eigenvalue weighted by atomic mass is 10.1. The van der Waals surface area contributed by atoms with Crippen molar-refractivity contribution < 1.29 is 4.92 Å². The fraction of sp³-hybridized carbons (Fsp3) is 0.154. The second-order valence-electron chi connectivity index (χ2n) is 3.86. The Labute approximate surface area is 105 Å². The lowest BCUT2D eigenvalue weighted by Crippen LogP contribution is -2.20. The molecule has 5 heteroatoms. The van der Waals surface area contributed by atoms with E-state index in [0.29, 0.717) is 0 Å². The van der Waals surface area contributed by atoms with Crippen molar-refractivity contribution in [2.75, 3.05) is 11.9 Å². The number of anilines is 1. The Morgan fingerprint density at radius 2 is 1.83 bits per heavy atom. The predicted molar refractivity (Wildman–Crippen MR) is 68.9 cm³/mol. The van der Waals surface area contributed by atoms with Crippen molar-refractivity contribution in [1.29, 1.82) is 0 Å². The molecule has 1 unspecified atom stereocenters. The number of rotatable bonds is 5. The molecule has 0 aliphatic carbocycles. The van der Waals surface area contributed by atoms with Crippen LogP contribution >= 0.6 is 0 Å². The molecule has 1 aromatic heterocycles. The van der Waals surface area contributed by atoms with Gasteiger partial charge in [-0.05, 0) is 29.8 Å². The van der Waals surface area contributed by atoms with Crippen molar-refractivity contribution in [3.8, 4) is 0 Å². The topological polar surface area (TPSA) is 68.1 Å². The van der Waals surface area contributed by atoms with Crippen LogP contribution in [0.15, 0.2) is 54.9 Å². The van der Waals surface area contributed by atoms with E-state index in [9.17, 15) is 10.1 Å². The number of pyridine rings is 1. The molecule has 0 aliphatic heterocycles. The minimum absolute atomic E-state index is 0.168. The molecule has 92 valence electrons. The Morgan fingerprint density at radius 1 is 1.17 bits per heavy atom. The maximum atomic E-state index is 10.7. The molecule has 0 bridgehead atoms. The van der Waals surface area contributed by atoms with Gasteiger partial charge in [-0.25, -0.2) is 0 Å². The van der Waals surface area contributed by atoms with Crippen LogP contribution in [-0.4, -0.2) is 16.5 Å². The van der Waals surface area contributed by atoms with Gasteiger partial charge in [-0.3, -0.25) is 15.1 Å². The highest BCUT2D eigenvalue weighted by molar-refractivity contribution is 5.45. The van der Waals surface area contributed by atoms with E-state index in [1.165, 1.54) is 0 Å². The van der Waals surface area contributed by atoms with Crippen molar-refractivity contribution in [3.63, 3.8) is 0 Å². The zero-order valence-electron chi connectivity index (χ0n) is 9.69. The third-order valence-electron chi connectivity index (χ3n) is 2.55. The molecule has 0 spiro atoms. The van der Waals surface area contributed by atoms with Crippen LogP contribution in [-0.2, 0) is 0 Å². The lowest BCUT2D eigenvalue weighted by Gasteiger charge is -2.16. The molecule has 0 radical (unpaired) electrons. The summed E-state index contributed by atoms with van der Waals surface area (Å²) >= 11 is 0. The second-order valence-corrected chi connectivity index (χ2v) is 3.86. The summed E-state index contributed by atoms with van der Waals surface area (Å²) < 4.78 is 0. The Kier molecular flexibility index (Phi) is 3.86. The fourth-order valence-corrected chi connectivity index (χ4v) is 1.71. The standard InChI is InChI=1S/C13H13N3O2/c17-16(18)10-13(11-6-8-14-9-7-11)15-12-4-2-1-3-5-12/h1-9,13,15H,10H2. The smallest absolute Gasteiger partial charge is 0.227 e. The van der Waals surface area contributed by atoms with E-state index < -0.39 is 0 Å². The van der Waals surface area contributed by atoms with Crippen molar-refractivity contribution in [2.45, 2.75) is 6.04 Å². The van der Waals surface area contributed by atoms with Gasteiger partial charge in [-0.2, -0.15) is 0 Å². The molecule has 1 atom stereocenters. The summed E-state index contributed by atoms with van der Waals surface area (Å²) in [5.74, 6) is 0. The van der Waals surface area contributed by atoms with E-state index in [-0.39, 0.29) is 17.5 Å². The van der Waals surface area contributed by atoms with Crippen LogP contribution in [0, 0.1) is 10.1 Å². The van der Waals surface area contributed by atoms with Gasteiger partial charge in [0.05, 0.1) is 0 Å². The Bertz CT molecular complexity index is 502. The molecule has 1 N–H and O–H groups in total. The SMILES string of the molecule is O=[N+]([O-])CC(Nc1ccccc1)c1ccncc1. The average molecular weight is 243 g/mol. The molecule has 0 amide bonds. The highest BCUT2D eigenvalue weighted by atomic mass is 16.6. The maximum Gasteiger partial charge on any atom is 0.227 e. The first-order valence-electron chi connectivity index (χ1n) is 5.59. The van der Waals surface area contributed by atoms with Gasteiger partial charge < -0.3 is 5.32 Å². The summed E-state index contributed by atoms with van der Waals surface area (Å²) in [4.78, 5) is 14.3. The minimum Gasteiger partial charge on any atom is -0.372 e. The fourth-order valence-electron chi connectivity index (χ4n) is 1.71. The Hall–Kier alpha value is -2.43. The van der Waals surface area contributed by atoms with Crippen LogP contribution in [0.3, 0.4) is 0 Å². The van der Waals surface area contributed by atoms with Crippen molar-refractivity contribution in [1.82, 2.24) is 4.98 Å². The van der Waals surface area contributed by atoms with Crippen molar-refractivity contribution >= 4 is 5.69 Å². The Balaban J connectivity index is 2.18. The minimum atomic E-state index is -0.356. The molecule has 2 aromatic rings. The van der Waals surface area contributed by atoms with E-state index in [0.717, 1.165) is 11.3 Å². The number of nitrogens with zero attached hydrogens (tertiary/aromatic N) is 2. The normalized spacial score (nSPS) is 11.8. The summed E-state index contributed by atoms with van der Waals surface area (Å²) in [6.07, 6.45) is 3.27. The van der Waals surface area contributed by atoms with Crippen LogP contribution in [0.2, 0.25) is 0 Å². The van der Waals surface area contributed by atoms with E-state index >= 15 is 0 Å². The molecule has 2 rings (SSSR count). The number of hydrogen-bond acceptors (Lipinski definition) is 4. The Morgan fingerprint density at radius 3 is 2.44 bits per heavy atom. The molecule has 0 saturated heterocycles. The zero-order chi connectivity index (χ0) is 12.8. The van der Waals surface area contributed by atoms with Gasteiger partial charge >= 0.3 is 0 Å². The number of nitrogens with one attached hydrogen (secondary N) is 1. The number of aromatic nitrogens is 1. The highest BCUT2D eigenvalue weighted by Gasteiger charge is 2.17. The number of nitro groups is 1. The quantitative estimate of drug-likeness (QED) is 0.647. The molecule has 0 aliphatic rings. The molecule has 1 aromatic carbocycles. The number of hydrogen-bond donors (Lipinski definition) is 1. The number of para-hydroxylation sites is 1. The second kappa shape index (κ2) is 5.77. The van der Waals surface area contributed by atoms with Crippen LogP contribution in [0.4, 0.5) is 5.69 Å². The maximum absolute atomic E-state index is 10.7. The molecular weight excluding hydrogens is 230 g/mol. The number of benzene rings is 1. The molecule has 18 heavy (non-hydrogen) atoms. The molecule has 1 heterocycles. The molecule has 0 saturated carbocycles. The van der Waals surface area contributed by atoms with Crippen LogP contribution in [0.25, 0.3) is 0 Å². The predicted octanol–water partition coefficient (Wildman–Crippen LogP) is 2.51. The van der Waals surface area contributed by atoms with Crippen LogP contribution < -0.4 is 5.32 Å². The molecular formula is C13H13N3O2.